The molecule has 0 atom stereocenters. The maximum atomic E-state index is 12.3. The molecule has 0 spiro atoms. The van der Waals surface area contributed by atoms with Gasteiger partial charge in [-0.25, -0.2) is 4.57 Å². The fourth-order valence-corrected chi connectivity index (χ4v) is 2.86. The Bertz CT molecular complexity index is 577. The number of nitro benzene ring substituents is 1. The number of benzene rings is 1. The van der Waals surface area contributed by atoms with Gasteiger partial charge in [-0.2, -0.15) is 4.83 Å². The summed E-state index contributed by atoms with van der Waals surface area (Å²) < 4.78 is 22.1. The Morgan fingerprint density at radius 2 is 1.90 bits per heavy atom. The summed E-state index contributed by atoms with van der Waals surface area (Å²) in [5.74, 6) is 0. The van der Waals surface area contributed by atoms with Crippen molar-refractivity contribution in [1.29, 1.82) is 0 Å². The molecule has 20 heavy (non-hydrogen) atoms. The van der Waals surface area contributed by atoms with Crippen LogP contribution in [0.5, 0.6) is 0 Å². The number of nitro groups is 1. The number of non-ortho nitro benzene ring substituents is 1. The molecule has 1 aromatic carbocycles. The van der Waals surface area contributed by atoms with E-state index < -0.39 is 12.7 Å². The average molecular weight is 300 g/mol. The molecule has 8 nitrogen and oxygen atoms in total. The van der Waals surface area contributed by atoms with E-state index in [1.807, 2.05) is 0 Å². The predicted molar refractivity (Wildman–Crippen MR) is 70.5 cm³/mol. The van der Waals surface area contributed by atoms with Crippen molar-refractivity contribution in [3.8, 4) is 0 Å². The summed E-state index contributed by atoms with van der Waals surface area (Å²) in [7, 11) is -1.07. The zero-order valence-electron chi connectivity index (χ0n) is 10.9. The number of hydrogen-bond donors (Lipinski definition) is 0. The fraction of sp³-hybridized carbons (Fsp3) is 0.273. The standard InChI is InChI=1S/C11H13N2O6P/c1-17-20(16,18-2)13-11(7-8-19-13)9-3-5-10(6-4-9)12(14)15/h3-7H,8H2,1-2H3. The number of nitrogens with zero attached hydrogens (tertiary/aromatic N) is 2. The molecule has 1 aliphatic heterocycles. The lowest BCUT2D eigenvalue weighted by Gasteiger charge is -2.26. The number of hydroxylamine groups is 1. The van der Waals surface area contributed by atoms with Crippen LogP contribution in [-0.4, -0.2) is 30.6 Å². The summed E-state index contributed by atoms with van der Waals surface area (Å²) in [6.07, 6.45) is 1.69. The second-order valence-corrected chi connectivity index (χ2v) is 5.83. The molecule has 108 valence electrons. The van der Waals surface area contributed by atoms with Crippen LogP contribution in [-0.2, 0) is 18.5 Å². The van der Waals surface area contributed by atoms with Crippen molar-refractivity contribution in [3.05, 3.63) is 46.0 Å². The second-order valence-electron chi connectivity index (χ2n) is 3.80. The molecule has 0 N–H and O–H groups in total. The fourth-order valence-electron chi connectivity index (χ4n) is 1.74. The van der Waals surface area contributed by atoms with E-state index in [-0.39, 0.29) is 12.3 Å². The lowest BCUT2D eigenvalue weighted by Crippen LogP contribution is -2.16. The van der Waals surface area contributed by atoms with Crippen molar-refractivity contribution in [2.45, 2.75) is 0 Å². The summed E-state index contributed by atoms with van der Waals surface area (Å²) in [6, 6.07) is 5.80. The second kappa shape index (κ2) is 5.72. The van der Waals surface area contributed by atoms with Crippen LogP contribution in [0.1, 0.15) is 5.56 Å². The van der Waals surface area contributed by atoms with E-state index in [1.54, 1.807) is 18.2 Å². The van der Waals surface area contributed by atoms with Crippen LogP contribution >= 0.6 is 7.75 Å². The summed E-state index contributed by atoms with van der Waals surface area (Å²) >= 11 is 0. The van der Waals surface area contributed by atoms with E-state index in [0.29, 0.717) is 11.3 Å². The minimum atomic E-state index is -3.57. The smallest absolute Gasteiger partial charge is 0.294 e. The zero-order chi connectivity index (χ0) is 14.8. The molecule has 1 aliphatic rings. The van der Waals surface area contributed by atoms with Crippen LogP contribution in [0.3, 0.4) is 0 Å². The molecular weight excluding hydrogens is 287 g/mol. The van der Waals surface area contributed by atoms with Gasteiger partial charge in [0, 0.05) is 31.9 Å². The van der Waals surface area contributed by atoms with E-state index >= 15 is 0 Å². The third-order valence-electron chi connectivity index (χ3n) is 2.74. The molecule has 0 amide bonds. The monoisotopic (exact) mass is 300 g/mol. The van der Waals surface area contributed by atoms with Gasteiger partial charge in [-0.3, -0.25) is 24.0 Å². The van der Waals surface area contributed by atoms with E-state index in [4.69, 9.17) is 13.9 Å². The molecule has 1 aromatic rings. The Labute approximate surface area is 115 Å². The number of hydrogen-bond acceptors (Lipinski definition) is 6. The van der Waals surface area contributed by atoms with Gasteiger partial charge >= 0.3 is 7.75 Å². The molecular formula is C11H13N2O6P. The Balaban J connectivity index is 2.32. The molecule has 0 radical (unpaired) electrons. The molecule has 2 rings (SSSR count). The quantitative estimate of drug-likeness (QED) is 0.469. The van der Waals surface area contributed by atoms with Crippen molar-refractivity contribution < 1.29 is 23.4 Å². The topological polar surface area (TPSA) is 91.1 Å². The molecule has 1 heterocycles. The van der Waals surface area contributed by atoms with Gasteiger partial charge in [0.15, 0.2) is 0 Å². The van der Waals surface area contributed by atoms with E-state index in [9.17, 15) is 14.7 Å². The van der Waals surface area contributed by atoms with Crippen molar-refractivity contribution in [2.75, 3.05) is 20.8 Å². The molecule has 0 unspecified atom stereocenters. The van der Waals surface area contributed by atoms with Crippen molar-refractivity contribution in [3.63, 3.8) is 0 Å². The maximum Gasteiger partial charge on any atom is 0.458 e. The third kappa shape index (κ3) is 2.59. The van der Waals surface area contributed by atoms with Crippen molar-refractivity contribution >= 4 is 19.1 Å². The number of rotatable bonds is 5. The van der Waals surface area contributed by atoms with E-state index in [2.05, 4.69) is 0 Å². The summed E-state index contributed by atoms with van der Waals surface area (Å²) in [6.45, 7) is 0.211. The molecule has 0 aromatic heterocycles. The first-order chi connectivity index (χ1) is 9.51. The highest BCUT2D eigenvalue weighted by Gasteiger charge is 2.37. The minimum Gasteiger partial charge on any atom is -0.294 e. The highest BCUT2D eigenvalue weighted by molar-refractivity contribution is 7.51. The van der Waals surface area contributed by atoms with Gasteiger partial charge in [-0.15, -0.1) is 0 Å². The highest BCUT2D eigenvalue weighted by Crippen LogP contribution is 2.55. The Morgan fingerprint density at radius 3 is 2.40 bits per heavy atom. The summed E-state index contributed by atoms with van der Waals surface area (Å²) in [5, 5.41) is 10.6. The largest absolute Gasteiger partial charge is 0.458 e. The first kappa shape index (κ1) is 14.7. The predicted octanol–water partition coefficient (Wildman–Crippen LogP) is 2.58. The Kier molecular flexibility index (Phi) is 4.20. The molecule has 9 heteroatoms. The molecule has 0 saturated carbocycles. The molecule has 0 aliphatic carbocycles. The van der Waals surface area contributed by atoms with Gasteiger partial charge in [0.25, 0.3) is 5.69 Å². The summed E-state index contributed by atoms with van der Waals surface area (Å²) in [5.41, 5.74) is 1.07. The van der Waals surface area contributed by atoms with Crippen molar-refractivity contribution in [1.82, 2.24) is 4.83 Å². The summed E-state index contributed by atoms with van der Waals surface area (Å²) in [4.78, 5) is 16.4. The van der Waals surface area contributed by atoms with Crippen LogP contribution in [0.25, 0.3) is 5.70 Å². The van der Waals surface area contributed by atoms with Gasteiger partial charge in [-0.1, -0.05) is 0 Å². The van der Waals surface area contributed by atoms with E-state index in [0.717, 1.165) is 4.83 Å². The van der Waals surface area contributed by atoms with Gasteiger partial charge in [0.1, 0.15) is 0 Å². The molecule has 0 saturated heterocycles. The van der Waals surface area contributed by atoms with Crippen molar-refractivity contribution in [2.24, 2.45) is 0 Å². The Morgan fingerprint density at radius 1 is 1.30 bits per heavy atom. The lowest BCUT2D eigenvalue weighted by molar-refractivity contribution is -0.384. The SMILES string of the molecule is COP(=O)(OC)N1OCC=C1c1ccc([N+](=O)[O-])cc1. The van der Waals surface area contributed by atoms with Crippen LogP contribution in [0.15, 0.2) is 30.3 Å². The first-order valence-corrected chi connectivity index (χ1v) is 7.11. The maximum absolute atomic E-state index is 12.3. The van der Waals surface area contributed by atoms with Crippen LogP contribution in [0, 0.1) is 10.1 Å². The normalized spacial score (nSPS) is 15.3. The Hall–Kier alpha value is -1.73. The highest BCUT2D eigenvalue weighted by atomic mass is 31.2. The molecule has 0 fully saturated rings. The van der Waals surface area contributed by atoms with Gasteiger partial charge in [0.05, 0.1) is 17.2 Å². The third-order valence-corrected chi connectivity index (χ3v) is 4.44. The van der Waals surface area contributed by atoms with Gasteiger partial charge in [0.2, 0.25) is 0 Å². The lowest BCUT2D eigenvalue weighted by atomic mass is 10.1. The average Bonchev–Trinajstić information content (AvgIpc) is 2.96. The van der Waals surface area contributed by atoms with Gasteiger partial charge in [-0.05, 0) is 18.2 Å². The first-order valence-electron chi connectivity index (χ1n) is 5.62. The van der Waals surface area contributed by atoms with Crippen LogP contribution in [0.2, 0.25) is 0 Å². The minimum absolute atomic E-state index is 0.0264. The van der Waals surface area contributed by atoms with Crippen LogP contribution in [0.4, 0.5) is 5.69 Å². The van der Waals surface area contributed by atoms with Crippen LogP contribution < -0.4 is 0 Å². The van der Waals surface area contributed by atoms with Gasteiger partial charge < -0.3 is 0 Å². The molecule has 0 bridgehead atoms. The zero-order valence-corrected chi connectivity index (χ0v) is 11.8. The van der Waals surface area contributed by atoms with E-state index in [1.165, 1.54) is 26.4 Å².